The van der Waals surface area contributed by atoms with Crippen LogP contribution >= 0.6 is 11.8 Å². The van der Waals surface area contributed by atoms with Gasteiger partial charge in [0.2, 0.25) is 0 Å². The predicted octanol–water partition coefficient (Wildman–Crippen LogP) is 2.94. The number of thioether (sulfide) groups is 1. The van der Waals surface area contributed by atoms with E-state index in [-0.39, 0.29) is 12.2 Å². The lowest BCUT2D eigenvalue weighted by atomic mass is 10.0. The monoisotopic (exact) mass is 269 g/mol. The van der Waals surface area contributed by atoms with Crippen molar-refractivity contribution < 1.29 is 14.3 Å². The first-order chi connectivity index (χ1) is 8.56. The predicted molar refractivity (Wildman–Crippen MR) is 69.1 cm³/mol. The van der Waals surface area contributed by atoms with Crippen LogP contribution in [-0.4, -0.2) is 16.3 Å². The van der Waals surface area contributed by atoms with Crippen LogP contribution in [0.15, 0.2) is 23.1 Å². The topological polar surface area (TPSA) is 63.3 Å². The molecule has 0 saturated heterocycles. The van der Waals surface area contributed by atoms with Crippen LogP contribution in [0.5, 0.6) is 0 Å². The third-order valence-corrected chi connectivity index (χ3v) is 4.26. The molecule has 0 heterocycles. The first-order valence-electron chi connectivity index (χ1n) is 5.99. The third kappa shape index (κ3) is 3.71. The van der Waals surface area contributed by atoms with E-state index in [1.165, 1.54) is 6.07 Å². The van der Waals surface area contributed by atoms with Crippen molar-refractivity contribution in [1.29, 1.82) is 0 Å². The molecule has 0 bridgehead atoms. The molecule has 1 fully saturated rings. The van der Waals surface area contributed by atoms with Gasteiger partial charge < -0.3 is 10.8 Å². The van der Waals surface area contributed by atoms with Gasteiger partial charge in [-0.3, -0.25) is 4.79 Å². The second-order valence-corrected chi connectivity index (χ2v) is 5.89. The number of hydrogen-bond donors (Lipinski definition) is 2. The van der Waals surface area contributed by atoms with Gasteiger partial charge in [-0.25, -0.2) is 4.39 Å². The van der Waals surface area contributed by atoms with Gasteiger partial charge in [0.05, 0.1) is 0 Å². The molecule has 1 aliphatic rings. The summed E-state index contributed by atoms with van der Waals surface area (Å²) in [7, 11) is 0. The van der Waals surface area contributed by atoms with Gasteiger partial charge in [0.1, 0.15) is 5.82 Å². The van der Waals surface area contributed by atoms with Gasteiger partial charge in [-0.1, -0.05) is 6.07 Å². The summed E-state index contributed by atoms with van der Waals surface area (Å²) in [6.07, 6.45) is 2.64. The molecule has 0 aliphatic heterocycles. The molecule has 2 rings (SSSR count). The zero-order chi connectivity index (χ0) is 13.1. The summed E-state index contributed by atoms with van der Waals surface area (Å²) in [6.45, 7) is 0. The Bertz CT molecular complexity index is 449. The summed E-state index contributed by atoms with van der Waals surface area (Å²) >= 11 is 1.56. The quantitative estimate of drug-likeness (QED) is 0.833. The maximum Gasteiger partial charge on any atom is 0.303 e. The van der Waals surface area contributed by atoms with Crippen molar-refractivity contribution in [2.75, 3.05) is 0 Å². The molecule has 3 nitrogen and oxygen atoms in total. The largest absolute Gasteiger partial charge is 0.481 e. The second kappa shape index (κ2) is 5.71. The normalized spacial score (nSPS) is 16.6. The van der Waals surface area contributed by atoms with Crippen LogP contribution in [0.25, 0.3) is 0 Å². The minimum atomic E-state index is -0.883. The molecule has 0 radical (unpaired) electrons. The molecule has 1 aromatic rings. The molecule has 1 aliphatic carbocycles. The Morgan fingerprint density at radius 2 is 2.28 bits per heavy atom. The molecule has 0 amide bonds. The van der Waals surface area contributed by atoms with Crippen LogP contribution in [-0.2, 0) is 4.79 Å². The van der Waals surface area contributed by atoms with E-state index >= 15 is 0 Å². The maximum atomic E-state index is 13.8. The fraction of sp³-hybridized carbons (Fsp3) is 0.462. The van der Waals surface area contributed by atoms with Crippen LogP contribution in [0.2, 0.25) is 0 Å². The van der Waals surface area contributed by atoms with E-state index in [0.29, 0.717) is 22.1 Å². The Balaban J connectivity index is 2.00. The highest BCUT2D eigenvalue weighted by Gasteiger charge is 2.24. The molecule has 5 heteroatoms. The fourth-order valence-corrected chi connectivity index (χ4v) is 2.70. The molecule has 18 heavy (non-hydrogen) atoms. The van der Waals surface area contributed by atoms with Crippen LogP contribution in [0.4, 0.5) is 4.39 Å². The van der Waals surface area contributed by atoms with Gasteiger partial charge >= 0.3 is 5.97 Å². The average molecular weight is 269 g/mol. The average Bonchev–Trinajstić information content (AvgIpc) is 3.12. The lowest BCUT2D eigenvalue weighted by Gasteiger charge is -2.12. The Hall–Kier alpha value is -1.07. The van der Waals surface area contributed by atoms with E-state index in [1.54, 1.807) is 23.9 Å². The summed E-state index contributed by atoms with van der Waals surface area (Å²) < 4.78 is 13.8. The maximum absolute atomic E-state index is 13.8. The zero-order valence-electron chi connectivity index (χ0n) is 9.93. The second-order valence-electron chi connectivity index (χ2n) is 4.55. The van der Waals surface area contributed by atoms with Crippen molar-refractivity contribution in [3.8, 4) is 0 Å². The molecule has 1 aromatic carbocycles. The number of aliphatic carboxylic acids is 1. The van der Waals surface area contributed by atoms with Gasteiger partial charge in [-0.15, -0.1) is 11.8 Å². The van der Waals surface area contributed by atoms with E-state index in [4.69, 9.17) is 10.8 Å². The minimum absolute atomic E-state index is 0.00135. The summed E-state index contributed by atoms with van der Waals surface area (Å²) in [5, 5.41) is 9.14. The Kier molecular flexibility index (Phi) is 4.24. The van der Waals surface area contributed by atoms with Gasteiger partial charge in [-0.2, -0.15) is 0 Å². The zero-order valence-corrected chi connectivity index (χ0v) is 10.8. The minimum Gasteiger partial charge on any atom is -0.481 e. The number of rotatable bonds is 6. The van der Waals surface area contributed by atoms with Crippen molar-refractivity contribution in [3.63, 3.8) is 0 Å². The van der Waals surface area contributed by atoms with Gasteiger partial charge in [0.25, 0.3) is 0 Å². The third-order valence-electron chi connectivity index (χ3n) is 2.87. The lowest BCUT2D eigenvalue weighted by Crippen LogP contribution is -2.12. The molecule has 0 spiro atoms. The number of halogens is 1. The van der Waals surface area contributed by atoms with Crippen molar-refractivity contribution in [2.45, 2.75) is 41.9 Å². The number of benzene rings is 1. The molecule has 0 aromatic heterocycles. The molecule has 1 unspecified atom stereocenters. The fourth-order valence-electron chi connectivity index (χ4n) is 1.65. The van der Waals surface area contributed by atoms with Crippen LogP contribution in [0.3, 0.4) is 0 Å². The molecular weight excluding hydrogens is 253 g/mol. The van der Waals surface area contributed by atoms with Crippen molar-refractivity contribution in [2.24, 2.45) is 5.73 Å². The van der Waals surface area contributed by atoms with E-state index in [2.05, 4.69) is 0 Å². The number of carbonyl (C=O) groups is 1. The van der Waals surface area contributed by atoms with Gasteiger partial charge in [0, 0.05) is 22.6 Å². The summed E-state index contributed by atoms with van der Waals surface area (Å²) in [5.74, 6) is -1.14. The highest BCUT2D eigenvalue weighted by molar-refractivity contribution is 8.00. The Labute approximate surface area is 110 Å². The summed E-state index contributed by atoms with van der Waals surface area (Å²) in [5.41, 5.74) is 6.50. The lowest BCUT2D eigenvalue weighted by molar-refractivity contribution is -0.137. The smallest absolute Gasteiger partial charge is 0.303 e. The molecular formula is C13H16FNO2S. The number of carboxylic acids is 1. The van der Waals surface area contributed by atoms with Crippen molar-refractivity contribution in [1.82, 2.24) is 0 Å². The number of nitrogens with two attached hydrogens (primary N) is 1. The highest BCUT2D eigenvalue weighted by atomic mass is 32.2. The van der Waals surface area contributed by atoms with Gasteiger partial charge in [0.15, 0.2) is 0 Å². The van der Waals surface area contributed by atoms with E-state index in [0.717, 1.165) is 12.8 Å². The first-order valence-corrected chi connectivity index (χ1v) is 6.87. The van der Waals surface area contributed by atoms with E-state index < -0.39 is 12.0 Å². The Morgan fingerprint density at radius 3 is 2.83 bits per heavy atom. The first kappa shape index (κ1) is 13.4. The molecule has 3 N–H and O–H groups in total. The highest BCUT2D eigenvalue weighted by Crippen LogP contribution is 2.40. The van der Waals surface area contributed by atoms with Crippen LogP contribution in [0, 0.1) is 5.82 Å². The SMILES string of the molecule is NC(CCC(=O)O)c1ccc(SC2CC2)c(F)c1. The van der Waals surface area contributed by atoms with Crippen LogP contribution < -0.4 is 5.73 Å². The Morgan fingerprint density at radius 1 is 1.56 bits per heavy atom. The standard InChI is InChI=1S/C13H16FNO2S/c14-10-7-8(11(15)4-6-13(16)17)1-5-12(10)18-9-2-3-9/h1,5,7,9,11H,2-4,6,15H2,(H,16,17). The van der Waals surface area contributed by atoms with E-state index in [1.807, 2.05) is 0 Å². The van der Waals surface area contributed by atoms with Gasteiger partial charge in [-0.05, 0) is 37.0 Å². The number of carboxylic acid groups (broad SMARTS) is 1. The van der Waals surface area contributed by atoms with Crippen molar-refractivity contribution in [3.05, 3.63) is 29.6 Å². The van der Waals surface area contributed by atoms with Crippen LogP contribution in [0.1, 0.15) is 37.3 Å². The van der Waals surface area contributed by atoms with E-state index in [9.17, 15) is 9.18 Å². The number of hydrogen-bond acceptors (Lipinski definition) is 3. The summed E-state index contributed by atoms with van der Waals surface area (Å²) in [4.78, 5) is 11.1. The summed E-state index contributed by atoms with van der Waals surface area (Å²) in [6, 6.07) is 4.54. The molecule has 1 atom stereocenters. The van der Waals surface area contributed by atoms with Crippen molar-refractivity contribution >= 4 is 17.7 Å². The molecule has 1 saturated carbocycles. The molecule has 98 valence electrons.